The lowest BCUT2D eigenvalue weighted by molar-refractivity contribution is -0.178. The van der Waals surface area contributed by atoms with Crippen LogP contribution in [0, 0.1) is 5.92 Å². The Hall–Kier alpha value is 0.310. The average molecular weight is 340 g/mol. The van der Waals surface area contributed by atoms with Gasteiger partial charge in [0, 0.05) is 17.5 Å². The molecule has 0 aliphatic carbocycles. The molecule has 2 aliphatic rings. The van der Waals surface area contributed by atoms with Crippen molar-refractivity contribution in [3.63, 3.8) is 0 Å². The van der Waals surface area contributed by atoms with E-state index >= 15 is 0 Å². The molecule has 5 heteroatoms. The minimum Gasteiger partial charge on any atom is -0.359 e. The first-order valence-corrected chi connectivity index (χ1v) is 6.92. The zero-order valence-corrected chi connectivity index (χ0v) is 11.5. The first-order valence-electron chi connectivity index (χ1n) is 5.40. The minimum absolute atomic E-state index is 0.0354. The first-order chi connectivity index (χ1) is 7.80. The van der Waals surface area contributed by atoms with Crippen molar-refractivity contribution < 1.29 is 18.9 Å². The van der Waals surface area contributed by atoms with Gasteiger partial charge < -0.3 is 18.9 Å². The molecule has 2 bridgehead atoms. The van der Waals surface area contributed by atoms with Gasteiger partial charge >= 0.3 is 0 Å². The van der Waals surface area contributed by atoms with E-state index in [1.54, 1.807) is 7.11 Å². The molecule has 0 N–H and O–H groups in total. The molecular weight excluding hydrogens is 323 g/mol. The predicted molar refractivity (Wildman–Crippen MR) is 67.5 cm³/mol. The fraction of sp³-hybridized carbons (Fsp3) is 0.818. The zero-order valence-electron chi connectivity index (χ0n) is 9.30. The molecule has 0 spiro atoms. The lowest BCUT2D eigenvalue weighted by Gasteiger charge is -2.32. The van der Waals surface area contributed by atoms with E-state index in [0.717, 1.165) is 10.8 Å². The summed E-state index contributed by atoms with van der Waals surface area (Å²) in [5.41, 5.74) is 0. The van der Waals surface area contributed by atoms with Crippen LogP contribution < -0.4 is 0 Å². The number of methoxy groups -OCH3 is 1. The van der Waals surface area contributed by atoms with Gasteiger partial charge in [-0.3, -0.25) is 0 Å². The standard InChI is InChI=1S/C11H17IO4/c1-3-7-4-8(14-6-13-2)10-9(5-12)15-11(7)16-10/h3,7-11H,1,4-6H2,2H3/t7-,8-,9+,10+,11-/m1/s1. The highest BCUT2D eigenvalue weighted by Crippen LogP contribution is 2.38. The molecule has 0 aromatic heterocycles. The molecular formula is C11H17IO4. The highest BCUT2D eigenvalue weighted by atomic mass is 127. The fourth-order valence-electron chi connectivity index (χ4n) is 2.22. The fourth-order valence-corrected chi connectivity index (χ4v) is 2.93. The van der Waals surface area contributed by atoms with E-state index in [4.69, 9.17) is 18.9 Å². The number of ether oxygens (including phenoxy) is 4. The third-order valence-electron chi connectivity index (χ3n) is 3.04. The van der Waals surface area contributed by atoms with Gasteiger partial charge in [-0.2, -0.15) is 0 Å². The molecule has 2 aliphatic heterocycles. The number of halogens is 1. The largest absolute Gasteiger partial charge is 0.359 e. The maximum Gasteiger partial charge on any atom is 0.165 e. The zero-order chi connectivity index (χ0) is 11.5. The number of alkyl halides is 1. The maximum absolute atomic E-state index is 5.84. The Balaban J connectivity index is 2.03. The topological polar surface area (TPSA) is 36.9 Å². The van der Waals surface area contributed by atoms with E-state index < -0.39 is 0 Å². The van der Waals surface area contributed by atoms with Crippen LogP contribution >= 0.6 is 22.6 Å². The van der Waals surface area contributed by atoms with Crippen molar-refractivity contribution in [2.75, 3.05) is 18.3 Å². The molecule has 5 atom stereocenters. The summed E-state index contributed by atoms with van der Waals surface area (Å²) in [5, 5.41) is 0. The van der Waals surface area contributed by atoms with E-state index in [2.05, 4.69) is 29.2 Å². The molecule has 4 nitrogen and oxygen atoms in total. The SMILES string of the molecule is C=C[C@@H]1C[C@@H](OCOC)[C@@H]2O[C@H]1O[C@H]2CI. The Bertz CT molecular complexity index is 248. The number of fused-ring (bicyclic) bond motifs is 2. The molecule has 0 unspecified atom stereocenters. The molecule has 0 saturated carbocycles. The summed E-state index contributed by atoms with van der Waals surface area (Å²) in [7, 11) is 1.62. The average Bonchev–Trinajstić information content (AvgIpc) is 2.68. The van der Waals surface area contributed by atoms with Crippen LogP contribution in [0.5, 0.6) is 0 Å². The van der Waals surface area contributed by atoms with E-state index in [0.29, 0.717) is 6.79 Å². The molecule has 92 valence electrons. The summed E-state index contributed by atoms with van der Waals surface area (Å²) in [5.74, 6) is 0.214. The summed E-state index contributed by atoms with van der Waals surface area (Å²) in [6.07, 6.45) is 2.85. The second-order valence-electron chi connectivity index (χ2n) is 4.04. The summed E-state index contributed by atoms with van der Waals surface area (Å²) in [6, 6.07) is 0. The van der Waals surface area contributed by atoms with Gasteiger partial charge in [0.1, 0.15) is 12.9 Å². The summed E-state index contributed by atoms with van der Waals surface area (Å²) in [4.78, 5) is 0. The van der Waals surface area contributed by atoms with Gasteiger partial charge in [-0.05, 0) is 6.42 Å². The third kappa shape index (κ3) is 2.43. The van der Waals surface area contributed by atoms with Gasteiger partial charge in [-0.25, -0.2) is 0 Å². The van der Waals surface area contributed by atoms with Crippen molar-refractivity contribution >= 4 is 22.6 Å². The van der Waals surface area contributed by atoms with Crippen molar-refractivity contribution in [1.82, 2.24) is 0 Å². The van der Waals surface area contributed by atoms with Crippen LogP contribution in [0.25, 0.3) is 0 Å². The van der Waals surface area contributed by atoms with Gasteiger partial charge in [0.25, 0.3) is 0 Å². The Morgan fingerprint density at radius 3 is 2.94 bits per heavy atom. The molecule has 0 aromatic carbocycles. The van der Waals surface area contributed by atoms with Crippen molar-refractivity contribution in [1.29, 1.82) is 0 Å². The van der Waals surface area contributed by atoms with Gasteiger partial charge in [0.15, 0.2) is 6.29 Å². The Morgan fingerprint density at radius 2 is 2.31 bits per heavy atom. The Labute approximate surface area is 109 Å². The lowest BCUT2D eigenvalue weighted by atomic mass is 9.94. The lowest BCUT2D eigenvalue weighted by Crippen LogP contribution is -2.42. The summed E-state index contributed by atoms with van der Waals surface area (Å²) < 4.78 is 23.2. The first kappa shape index (κ1) is 12.8. The minimum atomic E-state index is -0.135. The normalized spacial score (nSPS) is 42.2. The van der Waals surface area contributed by atoms with E-state index in [9.17, 15) is 0 Å². The van der Waals surface area contributed by atoms with Crippen molar-refractivity contribution in [3.05, 3.63) is 12.7 Å². The van der Waals surface area contributed by atoms with Crippen LogP contribution in [-0.4, -0.2) is 42.9 Å². The summed E-state index contributed by atoms with van der Waals surface area (Å²) >= 11 is 2.32. The number of hydrogen-bond donors (Lipinski definition) is 0. The molecule has 16 heavy (non-hydrogen) atoms. The molecule has 0 amide bonds. The molecule has 2 heterocycles. The van der Waals surface area contributed by atoms with Gasteiger partial charge in [0.2, 0.25) is 0 Å². The van der Waals surface area contributed by atoms with Crippen molar-refractivity contribution in [2.45, 2.75) is 31.0 Å². The van der Waals surface area contributed by atoms with E-state index in [-0.39, 0.29) is 30.5 Å². The Morgan fingerprint density at radius 1 is 1.50 bits per heavy atom. The van der Waals surface area contributed by atoms with Crippen molar-refractivity contribution in [2.24, 2.45) is 5.92 Å². The number of hydrogen-bond acceptors (Lipinski definition) is 4. The van der Waals surface area contributed by atoms with Crippen LogP contribution in [0.2, 0.25) is 0 Å². The van der Waals surface area contributed by atoms with Gasteiger partial charge in [-0.1, -0.05) is 28.7 Å². The third-order valence-corrected chi connectivity index (χ3v) is 3.91. The maximum atomic E-state index is 5.84. The van der Waals surface area contributed by atoms with Crippen LogP contribution in [0.15, 0.2) is 12.7 Å². The van der Waals surface area contributed by atoms with Gasteiger partial charge in [0.05, 0.1) is 12.2 Å². The highest BCUT2D eigenvalue weighted by Gasteiger charge is 2.48. The van der Waals surface area contributed by atoms with Crippen LogP contribution in [0.1, 0.15) is 6.42 Å². The predicted octanol–water partition coefficient (Wildman–Crippen LogP) is 1.73. The second-order valence-corrected chi connectivity index (χ2v) is 4.93. The molecule has 2 saturated heterocycles. The van der Waals surface area contributed by atoms with Crippen LogP contribution in [-0.2, 0) is 18.9 Å². The molecule has 2 fully saturated rings. The van der Waals surface area contributed by atoms with Crippen LogP contribution in [0.3, 0.4) is 0 Å². The van der Waals surface area contributed by atoms with Crippen LogP contribution in [0.4, 0.5) is 0 Å². The van der Waals surface area contributed by atoms with E-state index in [1.807, 2.05) is 6.08 Å². The smallest absolute Gasteiger partial charge is 0.165 e. The molecule has 0 radical (unpaired) electrons. The second kappa shape index (κ2) is 5.77. The van der Waals surface area contributed by atoms with Crippen molar-refractivity contribution in [3.8, 4) is 0 Å². The number of rotatable bonds is 5. The highest BCUT2D eigenvalue weighted by molar-refractivity contribution is 14.1. The molecule has 0 aromatic rings. The quantitative estimate of drug-likeness (QED) is 0.331. The van der Waals surface area contributed by atoms with E-state index in [1.165, 1.54) is 0 Å². The Kier molecular flexibility index (Phi) is 4.60. The molecule has 2 rings (SSSR count). The monoisotopic (exact) mass is 340 g/mol. The summed E-state index contributed by atoms with van der Waals surface area (Å²) in [6.45, 7) is 4.12. The van der Waals surface area contributed by atoms with Gasteiger partial charge in [-0.15, -0.1) is 6.58 Å².